The molecule has 0 spiro atoms. The largest absolute Gasteiger partial charge is 0.419 e. The Kier molecular flexibility index (Phi) is 3.54. The molecule has 0 saturated heterocycles. The predicted octanol–water partition coefficient (Wildman–Crippen LogP) is 2.72. The molecular formula is C13H17N3O. The molecule has 0 fully saturated rings. The molecule has 0 aliphatic rings. The molecule has 0 aliphatic heterocycles. The number of aryl methyl sites for hydroxylation is 1. The lowest BCUT2D eigenvalue weighted by Crippen LogP contribution is -2.15. The highest BCUT2D eigenvalue weighted by atomic mass is 16.4. The van der Waals surface area contributed by atoms with E-state index in [-0.39, 0.29) is 6.04 Å². The van der Waals surface area contributed by atoms with E-state index in [0.717, 1.165) is 12.0 Å². The van der Waals surface area contributed by atoms with Crippen LogP contribution in [0.2, 0.25) is 0 Å². The average molecular weight is 231 g/mol. The standard InChI is InChI=1S/C13H17N3O/c1-4-11(14-3)13-16-15-12(17-13)10-7-5-6-9(2)8-10/h5-8,11,14H,4H2,1-3H3. The van der Waals surface area contributed by atoms with Gasteiger partial charge in [0.15, 0.2) is 0 Å². The highest BCUT2D eigenvalue weighted by Gasteiger charge is 2.15. The topological polar surface area (TPSA) is 51.0 Å². The van der Waals surface area contributed by atoms with Gasteiger partial charge in [-0.05, 0) is 32.5 Å². The van der Waals surface area contributed by atoms with Crippen LogP contribution in [0.5, 0.6) is 0 Å². The van der Waals surface area contributed by atoms with Crippen LogP contribution in [0.4, 0.5) is 0 Å². The van der Waals surface area contributed by atoms with Crippen molar-refractivity contribution in [2.45, 2.75) is 26.3 Å². The molecule has 0 radical (unpaired) electrons. The summed E-state index contributed by atoms with van der Waals surface area (Å²) in [5, 5.41) is 11.3. The number of rotatable bonds is 4. The van der Waals surface area contributed by atoms with Gasteiger partial charge < -0.3 is 9.73 Å². The quantitative estimate of drug-likeness (QED) is 0.879. The minimum Gasteiger partial charge on any atom is -0.419 e. The molecule has 0 aliphatic carbocycles. The summed E-state index contributed by atoms with van der Waals surface area (Å²) in [5.74, 6) is 1.23. The zero-order valence-corrected chi connectivity index (χ0v) is 10.4. The lowest BCUT2D eigenvalue weighted by molar-refractivity contribution is 0.415. The Morgan fingerprint density at radius 3 is 2.82 bits per heavy atom. The van der Waals surface area contributed by atoms with Crippen molar-refractivity contribution in [3.8, 4) is 11.5 Å². The number of nitrogens with one attached hydrogen (secondary N) is 1. The lowest BCUT2D eigenvalue weighted by Gasteiger charge is -2.07. The maximum atomic E-state index is 5.68. The van der Waals surface area contributed by atoms with Gasteiger partial charge in [0.1, 0.15) is 0 Å². The van der Waals surface area contributed by atoms with Crippen LogP contribution in [-0.4, -0.2) is 17.2 Å². The molecular weight excluding hydrogens is 214 g/mol. The molecule has 1 atom stereocenters. The number of aromatic nitrogens is 2. The second-order valence-corrected chi connectivity index (χ2v) is 4.06. The first-order valence-electron chi connectivity index (χ1n) is 5.82. The molecule has 0 saturated carbocycles. The first-order chi connectivity index (χ1) is 8.24. The van der Waals surface area contributed by atoms with Crippen molar-refractivity contribution in [2.75, 3.05) is 7.05 Å². The fourth-order valence-corrected chi connectivity index (χ4v) is 1.77. The van der Waals surface area contributed by atoms with E-state index in [9.17, 15) is 0 Å². The fourth-order valence-electron chi connectivity index (χ4n) is 1.77. The summed E-state index contributed by atoms with van der Waals surface area (Å²) in [7, 11) is 1.89. The van der Waals surface area contributed by atoms with E-state index in [0.29, 0.717) is 11.8 Å². The summed E-state index contributed by atoms with van der Waals surface area (Å²) in [4.78, 5) is 0. The monoisotopic (exact) mass is 231 g/mol. The molecule has 17 heavy (non-hydrogen) atoms. The van der Waals surface area contributed by atoms with E-state index in [1.807, 2.05) is 38.2 Å². The van der Waals surface area contributed by atoms with Crippen molar-refractivity contribution >= 4 is 0 Å². The maximum absolute atomic E-state index is 5.68. The Hall–Kier alpha value is -1.68. The summed E-state index contributed by atoms with van der Waals surface area (Å²) in [6.07, 6.45) is 0.923. The second-order valence-electron chi connectivity index (χ2n) is 4.06. The van der Waals surface area contributed by atoms with E-state index in [1.54, 1.807) is 0 Å². The number of benzene rings is 1. The van der Waals surface area contributed by atoms with Gasteiger partial charge >= 0.3 is 0 Å². The van der Waals surface area contributed by atoms with Crippen molar-refractivity contribution < 1.29 is 4.42 Å². The van der Waals surface area contributed by atoms with Gasteiger partial charge in [-0.25, -0.2) is 0 Å². The molecule has 1 aromatic carbocycles. The average Bonchev–Trinajstić information content (AvgIpc) is 2.80. The number of nitrogens with zero attached hydrogens (tertiary/aromatic N) is 2. The highest BCUT2D eigenvalue weighted by molar-refractivity contribution is 5.53. The molecule has 0 amide bonds. The zero-order chi connectivity index (χ0) is 12.3. The minimum absolute atomic E-state index is 0.126. The van der Waals surface area contributed by atoms with Crippen LogP contribution in [0.1, 0.15) is 30.8 Å². The van der Waals surface area contributed by atoms with Crippen LogP contribution < -0.4 is 5.32 Å². The predicted molar refractivity (Wildman–Crippen MR) is 66.6 cm³/mol. The van der Waals surface area contributed by atoms with Gasteiger partial charge in [0.05, 0.1) is 6.04 Å². The van der Waals surface area contributed by atoms with E-state index < -0.39 is 0 Å². The van der Waals surface area contributed by atoms with Gasteiger partial charge in [0.25, 0.3) is 0 Å². The summed E-state index contributed by atoms with van der Waals surface area (Å²) in [6.45, 7) is 4.13. The van der Waals surface area contributed by atoms with Crippen LogP contribution in [0.25, 0.3) is 11.5 Å². The van der Waals surface area contributed by atoms with Gasteiger partial charge in [-0.2, -0.15) is 0 Å². The second kappa shape index (κ2) is 5.10. The molecule has 1 N–H and O–H groups in total. The van der Waals surface area contributed by atoms with Crippen molar-refractivity contribution in [3.63, 3.8) is 0 Å². The van der Waals surface area contributed by atoms with Crippen LogP contribution in [0.3, 0.4) is 0 Å². The maximum Gasteiger partial charge on any atom is 0.247 e. The number of hydrogen-bond acceptors (Lipinski definition) is 4. The van der Waals surface area contributed by atoms with Gasteiger partial charge in [0.2, 0.25) is 11.8 Å². The summed E-state index contributed by atoms with van der Waals surface area (Å²) >= 11 is 0. The van der Waals surface area contributed by atoms with E-state index in [2.05, 4.69) is 22.4 Å². The van der Waals surface area contributed by atoms with E-state index in [1.165, 1.54) is 5.56 Å². The Labute approximate surface area is 101 Å². The fraction of sp³-hybridized carbons (Fsp3) is 0.385. The minimum atomic E-state index is 0.126. The Morgan fingerprint density at radius 1 is 1.35 bits per heavy atom. The van der Waals surface area contributed by atoms with Gasteiger partial charge in [-0.1, -0.05) is 24.6 Å². The molecule has 2 rings (SSSR count). The molecule has 0 bridgehead atoms. The molecule has 1 heterocycles. The van der Waals surface area contributed by atoms with E-state index >= 15 is 0 Å². The van der Waals surface area contributed by atoms with Crippen molar-refractivity contribution in [1.29, 1.82) is 0 Å². The molecule has 1 unspecified atom stereocenters. The van der Waals surface area contributed by atoms with Crippen LogP contribution >= 0.6 is 0 Å². The molecule has 2 aromatic rings. The SMILES string of the molecule is CCC(NC)c1nnc(-c2cccc(C)c2)o1. The molecule has 90 valence electrons. The first-order valence-corrected chi connectivity index (χ1v) is 5.82. The Bertz CT molecular complexity index is 489. The molecule has 4 nitrogen and oxygen atoms in total. The van der Waals surface area contributed by atoms with Crippen LogP contribution in [-0.2, 0) is 0 Å². The van der Waals surface area contributed by atoms with Crippen molar-refractivity contribution in [3.05, 3.63) is 35.7 Å². The normalized spacial score (nSPS) is 12.6. The van der Waals surface area contributed by atoms with Gasteiger partial charge in [-0.15, -0.1) is 10.2 Å². The summed E-state index contributed by atoms with van der Waals surface area (Å²) in [5.41, 5.74) is 2.15. The van der Waals surface area contributed by atoms with Crippen LogP contribution in [0, 0.1) is 6.92 Å². The number of hydrogen-bond donors (Lipinski definition) is 1. The molecule has 1 aromatic heterocycles. The summed E-state index contributed by atoms with van der Waals surface area (Å²) < 4.78 is 5.68. The highest BCUT2D eigenvalue weighted by Crippen LogP contribution is 2.22. The third-order valence-corrected chi connectivity index (χ3v) is 2.76. The van der Waals surface area contributed by atoms with Gasteiger partial charge in [-0.3, -0.25) is 0 Å². The Balaban J connectivity index is 2.29. The van der Waals surface area contributed by atoms with Crippen molar-refractivity contribution in [2.24, 2.45) is 0 Å². The van der Waals surface area contributed by atoms with Crippen LogP contribution in [0.15, 0.2) is 28.7 Å². The van der Waals surface area contributed by atoms with Crippen molar-refractivity contribution in [1.82, 2.24) is 15.5 Å². The molecule has 4 heteroatoms. The lowest BCUT2D eigenvalue weighted by atomic mass is 10.1. The van der Waals surface area contributed by atoms with E-state index in [4.69, 9.17) is 4.42 Å². The Morgan fingerprint density at radius 2 is 2.18 bits per heavy atom. The zero-order valence-electron chi connectivity index (χ0n) is 10.4. The smallest absolute Gasteiger partial charge is 0.247 e. The third kappa shape index (κ3) is 2.53. The van der Waals surface area contributed by atoms with Gasteiger partial charge in [0, 0.05) is 5.56 Å². The first kappa shape index (κ1) is 11.8. The summed E-state index contributed by atoms with van der Waals surface area (Å²) in [6, 6.07) is 8.18. The third-order valence-electron chi connectivity index (χ3n) is 2.76.